The number of rotatable bonds is 4. The topological polar surface area (TPSA) is 20.3 Å². The maximum Gasteiger partial charge on any atom is 0.234 e. The summed E-state index contributed by atoms with van der Waals surface area (Å²) >= 11 is 0. The fourth-order valence-corrected chi connectivity index (χ4v) is 2.69. The summed E-state index contributed by atoms with van der Waals surface area (Å²) in [6, 6.07) is 20.0. The van der Waals surface area contributed by atoms with Crippen molar-refractivity contribution in [3.05, 3.63) is 66.2 Å². The van der Waals surface area contributed by atoms with Crippen molar-refractivity contribution in [2.24, 2.45) is 5.92 Å². The van der Waals surface area contributed by atoms with E-state index >= 15 is 0 Å². The summed E-state index contributed by atoms with van der Waals surface area (Å²) in [5, 5.41) is 0. The molecule has 0 N–H and O–H groups in total. The van der Waals surface area contributed by atoms with Gasteiger partial charge in [-0.05, 0) is 36.5 Å². The largest absolute Gasteiger partial charge is 0.315 e. The first-order valence-corrected chi connectivity index (χ1v) is 7.15. The first-order chi connectivity index (χ1) is 9.77. The van der Waals surface area contributed by atoms with Gasteiger partial charge in [0.25, 0.3) is 0 Å². The molecule has 102 valence electrons. The molecule has 2 aromatic carbocycles. The zero-order chi connectivity index (χ0) is 13.9. The van der Waals surface area contributed by atoms with E-state index in [1.165, 1.54) is 0 Å². The molecule has 1 amide bonds. The number of carbonyl (C=O) groups excluding carboxylic acids is 1. The van der Waals surface area contributed by atoms with Crippen molar-refractivity contribution in [2.45, 2.75) is 18.8 Å². The smallest absolute Gasteiger partial charge is 0.234 e. The van der Waals surface area contributed by atoms with Gasteiger partial charge >= 0.3 is 0 Å². The fourth-order valence-electron chi connectivity index (χ4n) is 2.69. The van der Waals surface area contributed by atoms with Crippen LogP contribution in [0.4, 0.5) is 5.69 Å². The molecule has 1 aliphatic rings. The quantitative estimate of drug-likeness (QED) is 0.822. The minimum Gasteiger partial charge on any atom is -0.315 e. The lowest BCUT2D eigenvalue weighted by Gasteiger charge is -2.24. The van der Waals surface area contributed by atoms with E-state index in [2.05, 4.69) is 12.1 Å². The van der Waals surface area contributed by atoms with Crippen LogP contribution < -0.4 is 4.90 Å². The Morgan fingerprint density at radius 2 is 1.55 bits per heavy atom. The summed E-state index contributed by atoms with van der Waals surface area (Å²) in [6.45, 7) is 0. The molecule has 1 saturated carbocycles. The lowest BCUT2D eigenvalue weighted by atomic mass is 9.92. The SMILES string of the molecule is CN(C(=O)C(c1ccccc1)C1CC1)c1ccccc1. The Morgan fingerprint density at radius 1 is 1.00 bits per heavy atom. The number of carbonyl (C=O) groups is 1. The highest BCUT2D eigenvalue weighted by Crippen LogP contribution is 2.43. The molecule has 0 radical (unpaired) electrons. The standard InChI is InChI=1S/C18H19NO/c1-19(16-10-6-3-7-11-16)18(20)17(15-12-13-15)14-8-4-2-5-9-14/h2-11,15,17H,12-13H2,1H3. The van der Waals surface area contributed by atoms with Crippen LogP contribution in [0, 0.1) is 5.92 Å². The van der Waals surface area contributed by atoms with Crippen molar-refractivity contribution in [1.29, 1.82) is 0 Å². The molecule has 0 saturated heterocycles. The van der Waals surface area contributed by atoms with Gasteiger partial charge in [0.15, 0.2) is 0 Å². The molecule has 1 fully saturated rings. The van der Waals surface area contributed by atoms with Crippen molar-refractivity contribution in [3.8, 4) is 0 Å². The molecule has 0 aliphatic heterocycles. The van der Waals surface area contributed by atoms with Gasteiger partial charge in [-0.1, -0.05) is 48.5 Å². The summed E-state index contributed by atoms with van der Waals surface area (Å²) in [5.41, 5.74) is 2.10. The van der Waals surface area contributed by atoms with Gasteiger partial charge in [-0.15, -0.1) is 0 Å². The van der Waals surface area contributed by atoms with Crippen LogP contribution in [0.3, 0.4) is 0 Å². The molecule has 1 atom stereocenters. The molecule has 1 unspecified atom stereocenters. The molecular formula is C18H19NO. The zero-order valence-corrected chi connectivity index (χ0v) is 11.7. The maximum atomic E-state index is 12.9. The first kappa shape index (κ1) is 12.9. The highest BCUT2D eigenvalue weighted by Gasteiger charge is 2.38. The van der Waals surface area contributed by atoms with E-state index in [1.807, 2.05) is 55.6 Å². The molecule has 20 heavy (non-hydrogen) atoms. The Hall–Kier alpha value is -2.09. The third-order valence-electron chi connectivity index (χ3n) is 3.99. The van der Waals surface area contributed by atoms with Crippen molar-refractivity contribution < 1.29 is 4.79 Å². The predicted molar refractivity (Wildman–Crippen MR) is 81.8 cm³/mol. The van der Waals surface area contributed by atoms with Gasteiger partial charge in [0.2, 0.25) is 5.91 Å². The predicted octanol–water partition coefficient (Wildman–Crippen LogP) is 3.84. The molecule has 2 aromatic rings. The highest BCUT2D eigenvalue weighted by atomic mass is 16.2. The highest BCUT2D eigenvalue weighted by molar-refractivity contribution is 5.98. The van der Waals surface area contributed by atoms with Crippen LogP contribution in [0.25, 0.3) is 0 Å². The van der Waals surface area contributed by atoms with E-state index in [1.54, 1.807) is 4.90 Å². The van der Waals surface area contributed by atoms with Crippen molar-refractivity contribution >= 4 is 11.6 Å². The first-order valence-electron chi connectivity index (χ1n) is 7.15. The number of likely N-dealkylation sites (N-methyl/N-ethyl adjacent to an activating group) is 1. The van der Waals surface area contributed by atoms with Crippen LogP contribution in [0.15, 0.2) is 60.7 Å². The van der Waals surface area contributed by atoms with Crippen molar-refractivity contribution in [2.75, 3.05) is 11.9 Å². The number of nitrogens with zero attached hydrogens (tertiary/aromatic N) is 1. The van der Waals surface area contributed by atoms with Crippen molar-refractivity contribution in [3.63, 3.8) is 0 Å². The van der Waals surface area contributed by atoms with E-state index in [0.29, 0.717) is 5.92 Å². The third-order valence-corrected chi connectivity index (χ3v) is 3.99. The second kappa shape index (κ2) is 5.49. The Labute approximate surface area is 120 Å². The molecule has 3 rings (SSSR count). The van der Waals surface area contributed by atoms with Gasteiger partial charge in [0.05, 0.1) is 5.92 Å². The number of benzene rings is 2. The van der Waals surface area contributed by atoms with E-state index in [4.69, 9.17) is 0 Å². The van der Waals surface area contributed by atoms with E-state index in [9.17, 15) is 4.79 Å². The van der Waals surface area contributed by atoms with Crippen LogP contribution in [-0.2, 0) is 4.79 Å². The van der Waals surface area contributed by atoms with Crippen molar-refractivity contribution in [1.82, 2.24) is 0 Å². The number of para-hydroxylation sites is 1. The van der Waals surface area contributed by atoms with Gasteiger partial charge in [-0.25, -0.2) is 0 Å². The molecule has 0 bridgehead atoms. The van der Waals surface area contributed by atoms with E-state index < -0.39 is 0 Å². The number of amides is 1. The summed E-state index contributed by atoms with van der Waals surface area (Å²) in [5.74, 6) is 0.711. The zero-order valence-electron chi connectivity index (χ0n) is 11.7. The Morgan fingerprint density at radius 3 is 2.10 bits per heavy atom. The molecule has 1 aliphatic carbocycles. The summed E-state index contributed by atoms with van der Waals surface area (Å²) in [4.78, 5) is 14.6. The number of anilines is 1. The second-order valence-corrected chi connectivity index (χ2v) is 5.46. The summed E-state index contributed by atoms with van der Waals surface area (Å²) in [6.07, 6.45) is 2.32. The Bertz CT molecular complexity index is 575. The summed E-state index contributed by atoms with van der Waals surface area (Å²) < 4.78 is 0. The van der Waals surface area contributed by atoms with Gasteiger partial charge in [0.1, 0.15) is 0 Å². The average Bonchev–Trinajstić information content (AvgIpc) is 3.33. The Kier molecular flexibility index (Phi) is 3.55. The van der Waals surface area contributed by atoms with Crippen LogP contribution in [0.5, 0.6) is 0 Å². The minimum absolute atomic E-state index is 0.00130. The molecule has 0 spiro atoms. The van der Waals surface area contributed by atoms with Gasteiger partial charge < -0.3 is 4.90 Å². The molecule has 2 nitrogen and oxygen atoms in total. The average molecular weight is 265 g/mol. The van der Waals surface area contributed by atoms with Crippen LogP contribution in [-0.4, -0.2) is 13.0 Å². The lowest BCUT2D eigenvalue weighted by Crippen LogP contribution is -2.32. The maximum absolute atomic E-state index is 12.9. The monoisotopic (exact) mass is 265 g/mol. The normalized spacial score (nSPS) is 15.7. The van der Waals surface area contributed by atoms with Gasteiger partial charge in [0, 0.05) is 12.7 Å². The van der Waals surface area contributed by atoms with Crippen LogP contribution in [0.2, 0.25) is 0 Å². The minimum atomic E-state index is 0.00130. The Balaban J connectivity index is 1.87. The molecule has 0 heterocycles. The fraction of sp³-hybridized carbons (Fsp3) is 0.278. The van der Waals surface area contributed by atoms with Crippen LogP contribution >= 0.6 is 0 Å². The molecule has 0 aromatic heterocycles. The third kappa shape index (κ3) is 2.60. The van der Waals surface area contributed by atoms with Crippen LogP contribution in [0.1, 0.15) is 24.3 Å². The lowest BCUT2D eigenvalue weighted by molar-refractivity contribution is -0.120. The van der Waals surface area contributed by atoms with E-state index in [-0.39, 0.29) is 11.8 Å². The molecule has 2 heteroatoms. The molecular weight excluding hydrogens is 246 g/mol. The second-order valence-electron chi connectivity index (χ2n) is 5.46. The van der Waals surface area contributed by atoms with Gasteiger partial charge in [-0.3, -0.25) is 4.79 Å². The van der Waals surface area contributed by atoms with E-state index in [0.717, 1.165) is 24.1 Å². The number of hydrogen-bond donors (Lipinski definition) is 0. The van der Waals surface area contributed by atoms with Gasteiger partial charge in [-0.2, -0.15) is 0 Å². The number of hydrogen-bond acceptors (Lipinski definition) is 1. The summed E-state index contributed by atoms with van der Waals surface area (Å²) in [7, 11) is 1.87.